The summed E-state index contributed by atoms with van der Waals surface area (Å²) in [7, 11) is 0. The standard InChI is InChI=1S/C16H16BrNO2S/c1-16(15(19)20,11-3-9-14(21-2)10-4-11)18-13-7-5-12(17)6-8-13/h3-10,18H,1-2H3,(H,19,20). The molecule has 0 saturated carbocycles. The number of thioether (sulfide) groups is 1. The molecule has 0 fully saturated rings. The second-order valence-corrected chi connectivity index (χ2v) is 6.59. The van der Waals surface area contributed by atoms with Crippen LogP contribution in [0.15, 0.2) is 57.9 Å². The van der Waals surface area contributed by atoms with Crippen molar-refractivity contribution in [2.75, 3.05) is 11.6 Å². The van der Waals surface area contributed by atoms with E-state index in [1.54, 1.807) is 18.7 Å². The molecule has 2 aromatic carbocycles. The first-order valence-corrected chi connectivity index (χ1v) is 8.39. The lowest BCUT2D eigenvalue weighted by Crippen LogP contribution is -2.40. The maximum Gasteiger partial charge on any atom is 0.333 e. The molecule has 110 valence electrons. The van der Waals surface area contributed by atoms with Crippen LogP contribution in [0.5, 0.6) is 0 Å². The van der Waals surface area contributed by atoms with Crippen LogP contribution in [0, 0.1) is 0 Å². The summed E-state index contributed by atoms with van der Waals surface area (Å²) in [6, 6.07) is 15.0. The predicted molar refractivity (Wildman–Crippen MR) is 91.0 cm³/mol. The zero-order valence-electron chi connectivity index (χ0n) is 11.8. The molecule has 21 heavy (non-hydrogen) atoms. The molecule has 3 nitrogen and oxygen atoms in total. The van der Waals surface area contributed by atoms with Crippen LogP contribution < -0.4 is 5.32 Å². The van der Waals surface area contributed by atoms with Crippen LogP contribution in [0.4, 0.5) is 5.69 Å². The van der Waals surface area contributed by atoms with Gasteiger partial charge in [-0.1, -0.05) is 28.1 Å². The molecule has 2 aromatic rings. The van der Waals surface area contributed by atoms with Crippen LogP contribution in [0.3, 0.4) is 0 Å². The Kier molecular flexibility index (Phi) is 4.96. The average Bonchev–Trinajstić information content (AvgIpc) is 2.49. The molecule has 0 aliphatic rings. The van der Waals surface area contributed by atoms with Crippen molar-refractivity contribution in [3.05, 3.63) is 58.6 Å². The topological polar surface area (TPSA) is 49.3 Å². The van der Waals surface area contributed by atoms with Crippen molar-refractivity contribution in [2.24, 2.45) is 0 Å². The molecule has 0 amide bonds. The third-order valence-corrected chi connectivity index (χ3v) is 4.61. The summed E-state index contributed by atoms with van der Waals surface area (Å²) < 4.78 is 0.953. The molecule has 0 aromatic heterocycles. The van der Waals surface area contributed by atoms with Gasteiger partial charge in [-0.05, 0) is 55.1 Å². The van der Waals surface area contributed by atoms with Crippen molar-refractivity contribution in [1.29, 1.82) is 0 Å². The molecule has 0 bridgehead atoms. The number of nitrogens with one attached hydrogen (secondary N) is 1. The lowest BCUT2D eigenvalue weighted by molar-refractivity contribution is -0.142. The second-order valence-electron chi connectivity index (χ2n) is 4.79. The number of carboxylic acid groups (broad SMARTS) is 1. The first kappa shape index (κ1) is 15.9. The number of carbonyl (C=O) groups is 1. The van der Waals surface area contributed by atoms with Crippen LogP contribution in [0.25, 0.3) is 0 Å². The fourth-order valence-electron chi connectivity index (χ4n) is 2.00. The second kappa shape index (κ2) is 6.54. The summed E-state index contributed by atoms with van der Waals surface area (Å²) in [5.74, 6) is -0.915. The van der Waals surface area contributed by atoms with Gasteiger partial charge in [0.25, 0.3) is 0 Å². The van der Waals surface area contributed by atoms with E-state index in [-0.39, 0.29) is 0 Å². The third kappa shape index (κ3) is 3.60. The number of hydrogen-bond donors (Lipinski definition) is 2. The summed E-state index contributed by atoms with van der Waals surface area (Å²) in [6.45, 7) is 1.67. The van der Waals surface area contributed by atoms with Crippen molar-refractivity contribution in [3.8, 4) is 0 Å². The van der Waals surface area contributed by atoms with Crippen molar-refractivity contribution < 1.29 is 9.90 Å². The first-order valence-electron chi connectivity index (χ1n) is 6.37. The van der Waals surface area contributed by atoms with Gasteiger partial charge in [-0.15, -0.1) is 11.8 Å². The maximum atomic E-state index is 11.8. The quantitative estimate of drug-likeness (QED) is 0.761. The first-order chi connectivity index (χ1) is 9.95. The number of carboxylic acids is 1. The molecule has 5 heteroatoms. The molecule has 0 saturated heterocycles. The maximum absolute atomic E-state index is 11.8. The van der Waals surface area contributed by atoms with E-state index < -0.39 is 11.5 Å². The van der Waals surface area contributed by atoms with Crippen LogP contribution >= 0.6 is 27.7 Å². The zero-order chi connectivity index (χ0) is 15.5. The summed E-state index contributed by atoms with van der Waals surface area (Å²) in [6.07, 6.45) is 1.99. The van der Waals surface area contributed by atoms with Gasteiger partial charge in [0.1, 0.15) is 0 Å². The van der Waals surface area contributed by atoms with Gasteiger partial charge in [0, 0.05) is 15.1 Å². The normalized spacial score (nSPS) is 13.5. The average molecular weight is 366 g/mol. The van der Waals surface area contributed by atoms with Crippen molar-refractivity contribution in [1.82, 2.24) is 0 Å². The lowest BCUT2D eigenvalue weighted by atomic mass is 9.91. The highest BCUT2D eigenvalue weighted by molar-refractivity contribution is 9.10. The third-order valence-electron chi connectivity index (χ3n) is 3.33. The van der Waals surface area contributed by atoms with Gasteiger partial charge in [0.05, 0.1) is 0 Å². The van der Waals surface area contributed by atoms with Crippen molar-refractivity contribution in [3.63, 3.8) is 0 Å². The van der Waals surface area contributed by atoms with Gasteiger partial charge >= 0.3 is 5.97 Å². The van der Waals surface area contributed by atoms with E-state index in [0.29, 0.717) is 0 Å². The number of hydrogen-bond acceptors (Lipinski definition) is 3. The van der Waals surface area contributed by atoms with Gasteiger partial charge in [-0.25, -0.2) is 4.79 Å². The van der Waals surface area contributed by atoms with E-state index in [4.69, 9.17) is 0 Å². The van der Waals surface area contributed by atoms with Gasteiger partial charge in [0.2, 0.25) is 0 Å². The number of halogens is 1. The minimum absolute atomic E-state index is 0.718. The molecule has 2 N–H and O–H groups in total. The summed E-state index contributed by atoms with van der Waals surface area (Å²) >= 11 is 5.00. The van der Waals surface area contributed by atoms with E-state index in [2.05, 4.69) is 21.2 Å². The van der Waals surface area contributed by atoms with Crippen LogP contribution in [-0.4, -0.2) is 17.3 Å². The number of benzene rings is 2. The molecule has 0 aliphatic heterocycles. The van der Waals surface area contributed by atoms with E-state index in [1.165, 1.54) is 0 Å². The van der Waals surface area contributed by atoms with Crippen molar-refractivity contribution >= 4 is 39.3 Å². The van der Waals surface area contributed by atoms with E-state index in [9.17, 15) is 9.90 Å². The molecule has 0 aliphatic carbocycles. The summed E-state index contributed by atoms with van der Waals surface area (Å²) in [4.78, 5) is 12.9. The van der Waals surface area contributed by atoms with Gasteiger partial charge in [0.15, 0.2) is 5.54 Å². The number of anilines is 1. The summed E-state index contributed by atoms with van der Waals surface area (Å²) in [5.41, 5.74) is 0.304. The van der Waals surface area contributed by atoms with E-state index >= 15 is 0 Å². The Balaban J connectivity index is 2.34. The molecular formula is C16H16BrNO2S. The smallest absolute Gasteiger partial charge is 0.333 e. The molecule has 0 radical (unpaired) electrons. The summed E-state index contributed by atoms with van der Waals surface area (Å²) in [5, 5.41) is 12.8. The zero-order valence-corrected chi connectivity index (χ0v) is 14.2. The van der Waals surface area contributed by atoms with E-state index in [1.807, 2.05) is 54.8 Å². The van der Waals surface area contributed by atoms with Gasteiger partial charge in [-0.2, -0.15) is 0 Å². The Morgan fingerprint density at radius 3 is 2.19 bits per heavy atom. The Labute approximate surface area is 136 Å². The fraction of sp³-hybridized carbons (Fsp3) is 0.188. The van der Waals surface area contributed by atoms with Crippen LogP contribution in [-0.2, 0) is 10.3 Å². The Morgan fingerprint density at radius 1 is 1.14 bits per heavy atom. The molecular weight excluding hydrogens is 350 g/mol. The van der Waals surface area contributed by atoms with Crippen molar-refractivity contribution in [2.45, 2.75) is 17.4 Å². The molecule has 0 spiro atoms. The highest BCUT2D eigenvalue weighted by atomic mass is 79.9. The van der Waals surface area contributed by atoms with E-state index in [0.717, 1.165) is 20.6 Å². The van der Waals surface area contributed by atoms with Crippen LogP contribution in [0.1, 0.15) is 12.5 Å². The Bertz CT molecular complexity index is 628. The minimum Gasteiger partial charge on any atom is -0.479 e. The van der Waals surface area contributed by atoms with Gasteiger partial charge < -0.3 is 10.4 Å². The molecule has 0 heterocycles. The number of aliphatic carboxylic acids is 1. The largest absolute Gasteiger partial charge is 0.479 e. The molecule has 1 atom stereocenters. The Morgan fingerprint density at radius 2 is 1.71 bits per heavy atom. The van der Waals surface area contributed by atoms with Crippen LogP contribution in [0.2, 0.25) is 0 Å². The lowest BCUT2D eigenvalue weighted by Gasteiger charge is -2.28. The fourth-order valence-corrected chi connectivity index (χ4v) is 2.67. The Hall–Kier alpha value is -1.46. The monoisotopic (exact) mass is 365 g/mol. The van der Waals surface area contributed by atoms with Gasteiger partial charge in [-0.3, -0.25) is 0 Å². The number of rotatable bonds is 5. The molecule has 2 rings (SSSR count). The predicted octanol–water partition coefficient (Wildman–Crippen LogP) is 4.58. The highest BCUT2D eigenvalue weighted by Gasteiger charge is 2.35. The minimum atomic E-state index is -1.18. The molecule has 1 unspecified atom stereocenters. The highest BCUT2D eigenvalue weighted by Crippen LogP contribution is 2.29. The SMILES string of the molecule is CSc1ccc(C(C)(Nc2ccc(Br)cc2)C(=O)O)cc1.